The van der Waals surface area contributed by atoms with E-state index < -0.39 is 17.8 Å². The van der Waals surface area contributed by atoms with E-state index in [0.29, 0.717) is 19.0 Å². The average molecular weight is 363 g/mol. The van der Waals surface area contributed by atoms with E-state index in [1.807, 2.05) is 18.7 Å². The van der Waals surface area contributed by atoms with Crippen molar-refractivity contribution in [2.24, 2.45) is 11.8 Å². The molecule has 1 saturated heterocycles. The summed E-state index contributed by atoms with van der Waals surface area (Å²) in [6.45, 7) is 12.2. The molecule has 1 unspecified atom stereocenters. The molecule has 0 aromatic heterocycles. The maximum atomic E-state index is 13.8. The van der Waals surface area contributed by atoms with E-state index in [9.17, 15) is 14.0 Å². The molecule has 2 amide bonds. The molecule has 0 bridgehead atoms. The molecule has 1 aromatic carbocycles. The summed E-state index contributed by atoms with van der Waals surface area (Å²) in [6, 6.07) is 5.16. The fourth-order valence-corrected chi connectivity index (χ4v) is 3.24. The van der Waals surface area contributed by atoms with E-state index >= 15 is 0 Å². The van der Waals surface area contributed by atoms with Gasteiger partial charge in [-0.2, -0.15) is 0 Å². The smallest absolute Gasteiger partial charge is 0.254 e. The van der Waals surface area contributed by atoms with Gasteiger partial charge in [-0.1, -0.05) is 39.8 Å². The van der Waals surface area contributed by atoms with Crippen LogP contribution in [0, 0.1) is 17.7 Å². The van der Waals surface area contributed by atoms with Crippen molar-refractivity contribution in [1.29, 1.82) is 0 Å². The minimum absolute atomic E-state index is 0.0345. The molecule has 1 N–H and O–H groups in total. The summed E-state index contributed by atoms with van der Waals surface area (Å²) in [5.74, 6) is -0.697. The normalized spacial score (nSPS) is 16.8. The zero-order valence-electron chi connectivity index (χ0n) is 16.2. The third kappa shape index (κ3) is 5.27. The molecule has 0 radical (unpaired) electrons. The van der Waals surface area contributed by atoms with E-state index in [1.54, 1.807) is 6.07 Å². The molecular formula is C20H30FN3O2. The lowest BCUT2D eigenvalue weighted by Gasteiger charge is -2.37. The predicted octanol–water partition coefficient (Wildman–Crippen LogP) is 2.38. The van der Waals surface area contributed by atoms with E-state index in [1.165, 1.54) is 18.2 Å². The molecule has 6 heteroatoms. The Labute approximate surface area is 155 Å². The molecule has 2 rings (SSSR count). The van der Waals surface area contributed by atoms with Crippen molar-refractivity contribution in [3.63, 3.8) is 0 Å². The van der Waals surface area contributed by atoms with Crippen LogP contribution in [0.2, 0.25) is 0 Å². The van der Waals surface area contributed by atoms with Crippen molar-refractivity contribution in [3.05, 3.63) is 35.6 Å². The molecule has 5 nitrogen and oxygen atoms in total. The summed E-state index contributed by atoms with van der Waals surface area (Å²) >= 11 is 0. The number of nitrogens with one attached hydrogen (secondary N) is 1. The fraction of sp³-hybridized carbons (Fsp3) is 0.600. The predicted molar refractivity (Wildman–Crippen MR) is 100 cm³/mol. The third-order valence-corrected chi connectivity index (χ3v) is 4.65. The third-order valence-electron chi connectivity index (χ3n) is 4.65. The molecule has 1 aliphatic rings. The van der Waals surface area contributed by atoms with Crippen LogP contribution in [-0.4, -0.2) is 60.4 Å². The SMILES string of the molecule is CC(C)CN1CCN(C(=O)C(NC(=O)c2ccccc2F)C(C)C)CC1. The Morgan fingerprint density at radius 2 is 1.69 bits per heavy atom. The molecule has 26 heavy (non-hydrogen) atoms. The number of nitrogens with zero attached hydrogens (tertiary/aromatic N) is 2. The number of hydrogen-bond donors (Lipinski definition) is 1. The largest absolute Gasteiger partial charge is 0.340 e. The highest BCUT2D eigenvalue weighted by atomic mass is 19.1. The Kier molecular flexibility index (Phi) is 7.14. The Hall–Kier alpha value is -1.95. The number of carbonyl (C=O) groups excluding carboxylic acids is 2. The second kappa shape index (κ2) is 9.12. The summed E-state index contributed by atoms with van der Waals surface area (Å²) in [4.78, 5) is 29.5. The van der Waals surface area contributed by atoms with E-state index in [0.717, 1.165) is 19.6 Å². The summed E-state index contributed by atoms with van der Waals surface area (Å²) < 4.78 is 13.8. The molecule has 1 heterocycles. The van der Waals surface area contributed by atoms with Gasteiger partial charge in [0, 0.05) is 32.7 Å². The first-order valence-electron chi connectivity index (χ1n) is 9.36. The number of piperazine rings is 1. The molecule has 1 aromatic rings. The van der Waals surface area contributed by atoms with Gasteiger partial charge in [-0.3, -0.25) is 14.5 Å². The molecule has 1 atom stereocenters. The number of carbonyl (C=O) groups is 2. The van der Waals surface area contributed by atoms with Gasteiger partial charge in [0.1, 0.15) is 11.9 Å². The Bertz CT molecular complexity index is 625. The highest BCUT2D eigenvalue weighted by Crippen LogP contribution is 2.13. The van der Waals surface area contributed by atoms with Gasteiger partial charge < -0.3 is 10.2 Å². The van der Waals surface area contributed by atoms with Gasteiger partial charge >= 0.3 is 0 Å². The van der Waals surface area contributed by atoms with Gasteiger partial charge in [0.2, 0.25) is 5.91 Å². The number of amides is 2. The maximum Gasteiger partial charge on any atom is 0.254 e. The average Bonchev–Trinajstić information content (AvgIpc) is 2.59. The summed E-state index contributed by atoms with van der Waals surface area (Å²) in [5, 5.41) is 2.73. The molecule has 1 fully saturated rings. The minimum atomic E-state index is -0.654. The molecule has 1 aliphatic heterocycles. The lowest BCUT2D eigenvalue weighted by molar-refractivity contribution is -0.136. The number of halogens is 1. The van der Waals surface area contributed by atoms with Gasteiger partial charge in [-0.25, -0.2) is 4.39 Å². The van der Waals surface area contributed by atoms with Crippen LogP contribution in [0.25, 0.3) is 0 Å². The van der Waals surface area contributed by atoms with Crippen LogP contribution >= 0.6 is 0 Å². The summed E-state index contributed by atoms with van der Waals surface area (Å²) in [7, 11) is 0. The zero-order chi connectivity index (χ0) is 19.3. The van der Waals surface area contributed by atoms with Crippen molar-refractivity contribution < 1.29 is 14.0 Å². The standard InChI is InChI=1S/C20H30FN3O2/c1-14(2)13-23-9-11-24(12-10-23)20(26)18(15(3)4)22-19(25)16-7-5-6-8-17(16)21/h5-8,14-15,18H,9-13H2,1-4H3,(H,22,25). The van der Waals surface area contributed by atoms with Crippen LogP contribution in [0.4, 0.5) is 4.39 Å². The van der Waals surface area contributed by atoms with Crippen LogP contribution in [0.15, 0.2) is 24.3 Å². The molecule has 0 saturated carbocycles. The van der Waals surface area contributed by atoms with Gasteiger partial charge in [0.05, 0.1) is 5.56 Å². The van der Waals surface area contributed by atoms with Gasteiger partial charge in [-0.15, -0.1) is 0 Å². The molecule has 144 valence electrons. The number of benzene rings is 1. The summed E-state index contributed by atoms with van der Waals surface area (Å²) in [6.07, 6.45) is 0. The Balaban J connectivity index is 2.00. The van der Waals surface area contributed by atoms with Gasteiger partial charge in [0.15, 0.2) is 0 Å². The topological polar surface area (TPSA) is 52.6 Å². The summed E-state index contributed by atoms with van der Waals surface area (Å²) in [5.41, 5.74) is -0.0345. The Morgan fingerprint density at radius 1 is 1.08 bits per heavy atom. The lowest BCUT2D eigenvalue weighted by Crippen LogP contribution is -2.56. The van der Waals surface area contributed by atoms with E-state index in [2.05, 4.69) is 24.1 Å². The maximum absolute atomic E-state index is 13.8. The lowest BCUT2D eigenvalue weighted by atomic mass is 10.0. The highest BCUT2D eigenvalue weighted by molar-refractivity contribution is 5.97. The van der Waals surface area contributed by atoms with Crippen LogP contribution in [0.3, 0.4) is 0 Å². The van der Waals surface area contributed by atoms with Crippen molar-refractivity contribution in [2.45, 2.75) is 33.7 Å². The van der Waals surface area contributed by atoms with Crippen molar-refractivity contribution in [1.82, 2.24) is 15.1 Å². The highest BCUT2D eigenvalue weighted by Gasteiger charge is 2.31. The van der Waals surface area contributed by atoms with Crippen molar-refractivity contribution >= 4 is 11.8 Å². The van der Waals surface area contributed by atoms with E-state index in [-0.39, 0.29) is 17.4 Å². The number of hydrogen-bond acceptors (Lipinski definition) is 3. The van der Waals surface area contributed by atoms with Crippen LogP contribution in [-0.2, 0) is 4.79 Å². The quantitative estimate of drug-likeness (QED) is 0.844. The number of rotatable bonds is 6. The first-order valence-corrected chi connectivity index (χ1v) is 9.36. The molecular weight excluding hydrogens is 333 g/mol. The van der Waals surface area contributed by atoms with Crippen LogP contribution in [0.1, 0.15) is 38.1 Å². The van der Waals surface area contributed by atoms with Crippen LogP contribution < -0.4 is 5.32 Å². The Morgan fingerprint density at radius 3 is 2.23 bits per heavy atom. The van der Waals surface area contributed by atoms with Crippen molar-refractivity contribution in [3.8, 4) is 0 Å². The van der Waals surface area contributed by atoms with E-state index in [4.69, 9.17) is 0 Å². The minimum Gasteiger partial charge on any atom is -0.340 e. The van der Waals surface area contributed by atoms with Crippen LogP contribution in [0.5, 0.6) is 0 Å². The first-order chi connectivity index (χ1) is 12.3. The monoisotopic (exact) mass is 363 g/mol. The van der Waals surface area contributed by atoms with Gasteiger partial charge in [-0.05, 0) is 24.0 Å². The second-order valence-corrected chi connectivity index (χ2v) is 7.69. The second-order valence-electron chi connectivity index (χ2n) is 7.69. The first kappa shape index (κ1) is 20.4. The van der Waals surface area contributed by atoms with Crippen molar-refractivity contribution in [2.75, 3.05) is 32.7 Å². The fourth-order valence-electron chi connectivity index (χ4n) is 3.24. The molecule has 0 aliphatic carbocycles. The molecule has 0 spiro atoms. The van der Waals surface area contributed by atoms with Gasteiger partial charge in [0.25, 0.3) is 5.91 Å². The zero-order valence-corrected chi connectivity index (χ0v) is 16.2.